The summed E-state index contributed by atoms with van der Waals surface area (Å²) < 4.78 is 139. The molecule has 0 saturated heterocycles. The molecule has 0 unspecified atom stereocenters. The number of carbonyl (C=O) groups is 1. The second-order valence-electron chi connectivity index (χ2n) is 16.2. The van der Waals surface area contributed by atoms with Gasteiger partial charge in [0.2, 0.25) is 0 Å². The number of alkyl halides is 4. The molecule has 5 aromatic rings. The van der Waals surface area contributed by atoms with E-state index in [2.05, 4.69) is 22.0 Å². The van der Waals surface area contributed by atoms with Gasteiger partial charge in [-0.05, 0) is 93.7 Å². The van der Waals surface area contributed by atoms with Gasteiger partial charge in [-0.3, -0.25) is 14.2 Å². The van der Waals surface area contributed by atoms with Crippen LogP contribution < -0.4 is 0 Å². The fourth-order valence-corrected chi connectivity index (χ4v) is 10.5. The summed E-state index contributed by atoms with van der Waals surface area (Å²) in [6, 6.07) is 8.97. The smallest absolute Gasteiger partial charge is 0.282 e. The number of rotatable bonds is 15. The van der Waals surface area contributed by atoms with Crippen LogP contribution in [0, 0.1) is 23.5 Å². The molecule has 2 aromatic carbocycles. The van der Waals surface area contributed by atoms with Crippen LogP contribution in [0.4, 0.5) is 26.3 Å². The summed E-state index contributed by atoms with van der Waals surface area (Å²) >= 11 is 6.66. The number of pyridine rings is 1. The number of aryl methyl sites for hydroxylation is 1. The van der Waals surface area contributed by atoms with Crippen molar-refractivity contribution in [1.82, 2.24) is 24.5 Å². The lowest BCUT2D eigenvalue weighted by Gasteiger charge is -2.21. The van der Waals surface area contributed by atoms with Gasteiger partial charge in [0.15, 0.2) is 25.5 Å². The lowest BCUT2D eigenvalue weighted by atomic mass is 9.86. The molecule has 2 fully saturated rings. The highest BCUT2D eigenvalue weighted by atomic mass is 35.5. The van der Waals surface area contributed by atoms with Crippen LogP contribution in [0.5, 0.6) is 0 Å². The summed E-state index contributed by atoms with van der Waals surface area (Å²) in [5.41, 5.74) is -0.440. The largest absolute Gasteiger partial charge is 0.298 e. The normalized spacial score (nSPS) is 15.4. The average Bonchev–Trinajstić information content (AvgIpc) is 4.09. The summed E-state index contributed by atoms with van der Waals surface area (Å²) in [7, 11) is -5.70. The molecule has 3 aromatic heterocycles. The number of Topliss-reactive ketones (excluding diaryl/α,β-unsaturated/α-hetero) is 1. The van der Waals surface area contributed by atoms with E-state index in [9.17, 15) is 48.0 Å². The van der Waals surface area contributed by atoms with E-state index in [0.29, 0.717) is 58.5 Å². The van der Waals surface area contributed by atoms with Gasteiger partial charge in [0.25, 0.3) is 12.9 Å². The number of aromatic nitrogens is 5. The standard InChI is InChI=1S/C42H40ClF6N5O5S2/c1-42(2,61(58,59)29-8-9-29)14-13-27-7-10-30(31-11-12-32(43)35-33(21-60(4,56)57)51-53(3)38(31)35)36(50-27)24(15-22-16-25(44)19-26(45)17-22)18-28(55)20-54-39(41(48)49)34(23-5-6-23)37(52-54)40(46)47/h7,10-12,16-17,19,23-24,29,40-41H,5-6,8-9,15,18,20-21H2,1-4H3/t24-/m1/s1. The Morgan fingerprint density at radius 3 is 2.16 bits per heavy atom. The zero-order valence-corrected chi connectivity index (χ0v) is 35.7. The number of ketones is 1. The lowest BCUT2D eigenvalue weighted by Crippen LogP contribution is -2.33. The topological polar surface area (TPSA) is 134 Å². The average molecular weight is 908 g/mol. The third-order valence-electron chi connectivity index (χ3n) is 10.8. The van der Waals surface area contributed by atoms with Crippen molar-refractivity contribution in [2.75, 3.05) is 6.26 Å². The van der Waals surface area contributed by atoms with Crippen molar-refractivity contribution >= 4 is 48.0 Å². The predicted molar refractivity (Wildman–Crippen MR) is 217 cm³/mol. The molecule has 2 aliphatic rings. The molecule has 0 bridgehead atoms. The lowest BCUT2D eigenvalue weighted by molar-refractivity contribution is -0.120. The predicted octanol–water partition coefficient (Wildman–Crippen LogP) is 8.75. The van der Waals surface area contributed by atoms with Gasteiger partial charge in [-0.15, -0.1) is 0 Å². The van der Waals surface area contributed by atoms with E-state index in [4.69, 9.17) is 16.6 Å². The van der Waals surface area contributed by atoms with Crippen LogP contribution in [0.1, 0.15) is 110 Å². The highest BCUT2D eigenvalue weighted by molar-refractivity contribution is 7.93. The first kappa shape index (κ1) is 44.3. The second kappa shape index (κ2) is 16.5. The number of nitrogens with zero attached hydrogens (tertiary/aromatic N) is 5. The molecule has 0 amide bonds. The minimum Gasteiger partial charge on any atom is -0.298 e. The number of hydrogen-bond donors (Lipinski definition) is 0. The summed E-state index contributed by atoms with van der Waals surface area (Å²) in [5, 5.41) is 8.17. The summed E-state index contributed by atoms with van der Waals surface area (Å²) in [4.78, 5) is 19.0. The van der Waals surface area contributed by atoms with Crippen molar-refractivity contribution in [2.24, 2.45) is 7.05 Å². The Kier molecular flexibility index (Phi) is 12.0. The highest BCUT2D eigenvalue weighted by Gasteiger charge is 2.45. The minimum atomic E-state index is -3.66. The fraction of sp³-hybridized carbons (Fsp3) is 0.429. The number of halogens is 7. The zero-order valence-electron chi connectivity index (χ0n) is 33.3. The molecule has 3 heterocycles. The molecule has 1 atom stereocenters. The molecule has 0 spiro atoms. The Bertz CT molecular complexity index is 2840. The Labute approximate surface area is 353 Å². The summed E-state index contributed by atoms with van der Waals surface area (Å²) in [5.74, 6) is 0.932. The van der Waals surface area contributed by atoms with Crippen molar-refractivity contribution in [3.05, 3.63) is 98.7 Å². The van der Waals surface area contributed by atoms with Crippen LogP contribution in [-0.4, -0.2) is 63.4 Å². The maximum Gasteiger partial charge on any atom is 0.282 e. The van der Waals surface area contributed by atoms with Gasteiger partial charge in [-0.1, -0.05) is 23.6 Å². The number of hydrogen-bond acceptors (Lipinski definition) is 8. The Hall–Kier alpha value is -4.73. The molecule has 324 valence electrons. The first-order valence-corrected chi connectivity index (χ1v) is 23.3. The Morgan fingerprint density at radius 1 is 0.918 bits per heavy atom. The fourth-order valence-electron chi connectivity index (χ4n) is 7.78. The summed E-state index contributed by atoms with van der Waals surface area (Å²) in [6.45, 7) is 2.10. The van der Waals surface area contributed by atoms with Crippen LogP contribution in [0.3, 0.4) is 0 Å². The third-order valence-corrected chi connectivity index (χ3v) is 14.8. The van der Waals surface area contributed by atoms with Crippen LogP contribution in [0.25, 0.3) is 22.0 Å². The van der Waals surface area contributed by atoms with E-state index in [-0.39, 0.29) is 39.7 Å². The van der Waals surface area contributed by atoms with E-state index in [1.807, 2.05) is 0 Å². The molecule has 10 nitrogen and oxygen atoms in total. The van der Waals surface area contributed by atoms with E-state index < -0.39 is 102 Å². The van der Waals surface area contributed by atoms with Crippen LogP contribution in [0.2, 0.25) is 5.02 Å². The first-order chi connectivity index (χ1) is 28.5. The molecule has 2 saturated carbocycles. The van der Waals surface area contributed by atoms with E-state index in [1.54, 1.807) is 19.2 Å². The van der Waals surface area contributed by atoms with E-state index >= 15 is 0 Å². The van der Waals surface area contributed by atoms with E-state index in [1.165, 1.54) is 30.7 Å². The van der Waals surface area contributed by atoms with Gasteiger partial charge in [0.05, 0.1) is 32.9 Å². The van der Waals surface area contributed by atoms with Crippen molar-refractivity contribution in [1.29, 1.82) is 0 Å². The van der Waals surface area contributed by atoms with Crippen LogP contribution in [-0.2, 0) is 50.2 Å². The zero-order chi connectivity index (χ0) is 44.3. The number of fused-ring (bicyclic) bond motifs is 1. The third kappa shape index (κ3) is 9.39. The molecular formula is C42H40ClF6N5O5S2. The summed E-state index contributed by atoms with van der Waals surface area (Å²) in [6.07, 6.45) is -4.33. The van der Waals surface area contributed by atoms with Gasteiger partial charge >= 0.3 is 0 Å². The van der Waals surface area contributed by atoms with Crippen molar-refractivity contribution in [3.8, 4) is 23.0 Å². The highest BCUT2D eigenvalue weighted by Crippen LogP contribution is 2.48. The van der Waals surface area contributed by atoms with Gasteiger partial charge < -0.3 is 0 Å². The first-order valence-electron chi connectivity index (χ1n) is 19.3. The molecule has 2 aliphatic carbocycles. The Morgan fingerprint density at radius 2 is 1.57 bits per heavy atom. The molecule has 0 radical (unpaired) electrons. The van der Waals surface area contributed by atoms with Gasteiger partial charge in [-0.2, -0.15) is 10.2 Å². The monoisotopic (exact) mass is 907 g/mol. The SMILES string of the molecule is Cn1nc(CS(C)(=O)=O)c2c(Cl)ccc(-c3ccc(C#CC(C)(C)S(=O)(=O)C4CC4)nc3[C@@H](CC(=O)Cn3nc(C(F)F)c(C4CC4)c3C(F)F)Cc3cc(F)cc(F)c3)c21. The van der Waals surface area contributed by atoms with Crippen molar-refractivity contribution in [3.63, 3.8) is 0 Å². The molecule has 7 rings (SSSR count). The van der Waals surface area contributed by atoms with Crippen LogP contribution >= 0.6 is 11.6 Å². The maximum atomic E-state index is 14.7. The molecular weight excluding hydrogens is 868 g/mol. The van der Waals surface area contributed by atoms with Gasteiger partial charge in [0, 0.05) is 53.8 Å². The van der Waals surface area contributed by atoms with Crippen molar-refractivity contribution in [2.45, 2.75) is 99.4 Å². The molecule has 0 N–H and O–H groups in total. The van der Waals surface area contributed by atoms with E-state index in [0.717, 1.165) is 18.4 Å². The number of benzene rings is 2. The van der Waals surface area contributed by atoms with Crippen molar-refractivity contribution < 1.29 is 48.0 Å². The Balaban J connectivity index is 1.41. The van der Waals surface area contributed by atoms with Gasteiger partial charge in [-0.25, -0.2) is 48.2 Å². The van der Waals surface area contributed by atoms with Crippen LogP contribution in [0.15, 0.2) is 42.5 Å². The second-order valence-corrected chi connectivity index (χ2v) is 21.6. The quantitative estimate of drug-likeness (QED) is 0.0753. The number of sulfone groups is 2. The van der Waals surface area contributed by atoms with Gasteiger partial charge in [0.1, 0.15) is 40.0 Å². The molecule has 0 aliphatic heterocycles. The number of carbonyl (C=O) groups excluding carboxylic acids is 1. The molecule has 19 heteroatoms. The maximum absolute atomic E-state index is 14.7. The minimum absolute atomic E-state index is 0.0522. The molecule has 61 heavy (non-hydrogen) atoms.